The Morgan fingerprint density at radius 1 is 1.11 bits per heavy atom. The third-order valence-corrected chi connectivity index (χ3v) is 5.71. The molecule has 2 unspecified atom stereocenters. The average molecular weight is 363 g/mol. The average Bonchev–Trinajstić information content (AvgIpc) is 3.02. The molecule has 2 aromatic rings. The van der Waals surface area contributed by atoms with Crippen molar-refractivity contribution in [2.24, 2.45) is 0 Å². The normalized spacial score (nSPS) is 20.3. The highest BCUT2D eigenvalue weighted by Crippen LogP contribution is 2.44. The molecule has 1 fully saturated rings. The van der Waals surface area contributed by atoms with Gasteiger partial charge in [0, 0.05) is 18.0 Å². The minimum absolute atomic E-state index is 0.130. The first-order valence-corrected chi connectivity index (χ1v) is 9.82. The van der Waals surface area contributed by atoms with Crippen LogP contribution in [0.2, 0.25) is 0 Å². The Hall–Kier alpha value is -2.62. The summed E-state index contributed by atoms with van der Waals surface area (Å²) in [4.78, 5) is 26.9. The fourth-order valence-electron chi connectivity index (χ4n) is 4.46. The molecular weight excluding hydrogens is 338 g/mol. The maximum absolute atomic E-state index is 13.1. The minimum Gasteiger partial charge on any atom is -0.466 e. The molecule has 4 nitrogen and oxygen atoms in total. The summed E-state index contributed by atoms with van der Waals surface area (Å²) in [6.45, 7) is 2.24. The van der Waals surface area contributed by atoms with Crippen LogP contribution < -0.4 is 0 Å². The van der Waals surface area contributed by atoms with Gasteiger partial charge < -0.3 is 9.64 Å². The standard InChI is InChI=1S/C23H25NO3/c1-2-27-22(25)13-9-16-8-10-18-15-19-11-12-21(20(18)14-16)24(19)23(26)17-6-4-3-5-7-17/h3-8,10,14,19,21H,2,9,11-13,15H2,1H3. The second-order valence-electron chi connectivity index (χ2n) is 7.37. The van der Waals surface area contributed by atoms with Crippen LogP contribution in [0.3, 0.4) is 0 Å². The molecule has 1 saturated heterocycles. The second kappa shape index (κ2) is 7.55. The number of aryl methyl sites for hydroxylation is 1. The van der Waals surface area contributed by atoms with Crippen LogP contribution in [-0.2, 0) is 22.4 Å². The number of ether oxygens (including phenoxy) is 1. The lowest BCUT2D eigenvalue weighted by Crippen LogP contribution is -2.41. The van der Waals surface area contributed by atoms with Crippen molar-refractivity contribution in [3.63, 3.8) is 0 Å². The number of esters is 1. The summed E-state index contributed by atoms with van der Waals surface area (Å²) in [7, 11) is 0. The fraction of sp³-hybridized carbons (Fsp3) is 0.391. The van der Waals surface area contributed by atoms with Gasteiger partial charge in [-0.1, -0.05) is 36.4 Å². The Morgan fingerprint density at radius 2 is 1.93 bits per heavy atom. The van der Waals surface area contributed by atoms with Crippen molar-refractivity contribution in [2.75, 3.05) is 6.61 Å². The van der Waals surface area contributed by atoms with E-state index in [0.717, 1.165) is 30.4 Å². The number of hydrogen-bond acceptors (Lipinski definition) is 3. The molecule has 1 amide bonds. The molecule has 0 spiro atoms. The number of fused-ring (bicyclic) bond motifs is 4. The first kappa shape index (κ1) is 17.8. The van der Waals surface area contributed by atoms with Crippen molar-refractivity contribution >= 4 is 11.9 Å². The summed E-state index contributed by atoms with van der Waals surface area (Å²) in [6, 6.07) is 16.5. The topological polar surface area (TPSA) is 46.6 Å². The van der Waals surface area contributed by atoms with E-state index in [1.807, 2.05) is 37.3 Å². The highest BCUT2D eigenvalue weighted by molar-refractivity contribution is 5.95. The van der Waals surface area contributed by atoms with E-state index in [0.29, 0.717) is 25.5 Å². The molecule has 2 bridgehead atoms. The number of benzene rings is 2. The van der Waals surface area contributed by atoms with Gasteiger partial charge in [-0.05, 0) is 61.4 Å². The van der Waals surface area contributed by atoms with Gasteiger partial charge >= 0.3 is 5.97 Å². The van der Waals surface area contributed by atoms with Crippen LogP contribution >= 0.6 is 0 Å². The third kappa shape index (κ3) is 3.48. The van der Waals surface area contributed by atoms with Crippen molar-refractivity contribution in [1.29, 1.82) is 0 Å². The monoisotopic (exact) mass is 363 g/mol. The number of carbonyl (C=O) groups is 2. The molecular formula is C23H25NO3. The van der Waals surface area contributed by atoms with Crippen LogP contribution in [0.25, 0.3) is 0 Å². The van der Waals surface area contributed by atoms with Crippen molar-refractivity contribution < 1.29 is 14.3 Å². The lowest BCUT2D eigenvalue weighted by molar-refractivity contribution is -0.143. The zero-order chi connectivity index (χ0) is 18.8. The van der Waals surface area contributed by atoms with Crippen molar-refractivity contribution in [3.8, 4) is 0 Å². The van der Waals surface area contributed by atoms with Crippen LogP contribution in [0.5, 0.6) is 0 Å². The summed E-state index contributed by atoms with van der Waals surface area (Å²) in [5, 5.41) is 0. The van der Waals surface area contributed by atoms with Gasteiger partial charge in [-0.2, -0.15) is 0 Å². The zero-order valence-corrected chi connectivity index (χ0v) is 15.7. The van der Waals surface area contributed by atoms with Gasteiger partial charge in [-0.25, -0.2) is 0 Å². The van der Waals surface area contributed by atoms with E-state index >= 15 is 0 Å². The van der Waals surface area contributed by atoms with E-state index in [1.54, 1.807) is 0 Å². The van der Waals surface area contributed by atoms with Crippen LogP contribution in [-0.4, -0.2) is 29.4 Å². The van der Waals surface area contributed by atoms with Gasteiger partial charge in [-0.15, -0.1) is 0 Å². The van der Waals surface area contributed by atoms with Gasteiger partial charge in [0.05, 0.1) is 12.6 Å². The number of amides is 1. The highest BCUT2D eigenvalue weighted by atomic mass is 16.5. The SMILES string of the molecule is CCOC(=O)CCc1ccc2c(c1)C1CCC(C2)N1C(=O)c1ccccc1. The molecule has 0 radical (unpaired) electrons. The van der Waals surface area contributed by atoms with Crippen LogP contribution in [0.1, 0.15) is 59.3 Å². The Labute approximate surface area is 160 Å². The lowest BCUT2D eigenvalue weighted by atomic mass is 9.90. The predicted octanol–water partition coefficient (Wildman–Crippen LogP) is 4.08. The van der Waals surface area contributed by atoms with E-state index in [1.165, 1.54) is 11.1 Å². The van der Waals surface area contributed by atoms with Gasteiger partial charge in [0.25, 0.3) is 5.91 Å². The van der Waals surface area contributed by atoms with E-state index in [-0.39, 0.29) is 17.9 Å². The molecule has 2 aliphatic rings. The highest BCUT2D eigenvalue weighted by Gasteiger charge is 2.42. The molecule has 4 rings (SSSR count). The third-order valence-electron chi connectivity index (χ3n) is 5.71. The largest absolute Gasteiger partial charge is 0.466 e. The molecule has 0 saturated carbocycles. The predicted molar refractivity (Wildman–Crippen MR) is 103 cm³/mol. The first-order chi connectivity index (χ1) is 13.2. The van der Waals surface area contributed by atoms with E-state index in [2.05, 4.69) is 23.1 Å². The molecule has 0 aliphatic carbocycles. The van der Waals surface area contributed by atoms with Crippen molar-refractivity contribution in [3.05, 3.63) is 70.8 Å². The summed E-state index contributed by atoms with van der Waals surface area (Å²) in [6.07, 6.45) is 4.05. The number of rotatable bonds is 5. The Morgan fingerprint density at radius 3 is 2.70 bits per heavy atom. The van der Waals surface area contributed by atoms with Gasteiger partial charge in [0.15, 0.2) is 0 Å². The molecule has 0 N–H and O–H groups in total. The van der Waals surface area contributed by atoms with E-state index in [4.69, 9.17) is 4.74 Å². The maximum Gasteiger partial charge on any atom is 0.306 e. The lowest BCUT2D eigenvalue weighted by Gasteiger charge is -2.37. The molecule has 140 valence electrons. The summed E-state index contributed by atoms with van der Waals surface area (Å²) >= 11 is 0. The zero-order valence-electron chi connectivity index (χ0n) is 15.7. The molecule has 0 aromatic heterocycles. The van der Waals surface area contributed by atoms with Gasteiger partial charge in [0.1, 0.15) is 0 Å². The fourth-order valence-corrected chi connectivity index (χ4v) is 4.46. The molecule has 2 atom stereocenters. The van der Waals surface area contributed by atoms with Gasteiger partial charge in [0.2, 0.25) is 0 Å². The van der Waals surface area contributed by atoms with Crippen molar-refractivity contribution in [1.82, 2.24) is 4.90 Å². The molecule has 27 heavy (non-hydrogen) atoms. The first-order valence-electron chi connectivity index (χ1n) is 9.82. The molecule has 2 heterocycles. The van der Waals surface area contributed by atoms with Crippen LogP contribution in [0, 0.1) is 0 Å². The van der Waals surface area contributed by atoms with E-state index < -0.39 is 0 Å². The number of hydrogen-bond donors (Lipinski definition) is 0. The van der Waals surface area contributed by atoms with E-state index in [9.17, 15) is 9.59 Å². The smallest absolute Gasteiger partial charge is 0.306 e. The molecule has 2 aliphatic heterocycles. The van der Waals surface area contributed by atoms with Crippen LogP contribution in [0.15, 0.2) is 48.5 Å². The molecule has 4 heteroatoms. The Kier molecular flexibility index (Phi) is 4.97. The number of nitrogens with zero attached hydrogens (tertiary/aromatic N) is 1. The summed E-state index contributed by atoms with van der Waals surface area (Å²) < 4.78 is 5.03. The minimum atomic E-state index is -0.156. The second-order valence-corrected chi connectivity index (χ2v) is 7.37. The van der Waals surface area contributed by atoms with Gasteiger partial charge in [-0.3, -0.25) is 9.59 Å². The Bertz CT molecular complexity index is 846. The summed E-state index contributed by atoms with van der Waals surface area (Å²) in [5.74, 6) is -0.0253. The summed E-state index contributed by atoms with van der Waals surface area (Å²) in [5.41, 5.74) is 4.50. The maximum atomic E-state index is 13.1. The van der Waals surface area contributed by atoms with Crippen molar-refractivity contribution in [2.45, 2.75) is 51.1 Å². The Balaban J connectivity index is 1.56. The number of carbonyl (C=O) groups excluding carboxylic acids is 2. The molecule has 2 aromatic carbocycles. The van der Waals surface area contributed by atoms with Crippen LogP contribution in [0.4, 0.5) is 0 Å². The quantitative estimate of drug-likeness (QED) is 0.752.